The van der Waals surface area contributed by atoms with Crippen molar-refractivity contribution in [2.45, 2.75) is 30.2 Å². The molecule has 0 bridgehead atoms. The van der Waals surface area contributed by atoms with E-state index >= 15 is 0 Å². The molecule has 2 rings (SSSR count). The molecule has 1 N–H and O–H groups in total. The van der Waals surface area contributed by atoms with Gasteiger partial charge in [-0.15, -0.1) is 0 Å². The molecular formula is C13H18Br2N2O2S. The average molecular weight is 426 g/mol. The van der Waals surface area contributed by atoms with Gasteiger partial charge in [0, 0.05) is 22.0 Å². The minimum absolute atomic E-state index is 0.0607. The summed E-state index contributed by atoms with van der Waals surface area (Å²) in [5.41, 5.74) is 0. The Kier molecular flexibility index (Phi) is 5.64. The molecule has 4 nitrogen and oxygen atoms in total. The smallest absolute Gasteiger partial charge is 0.244 e. The van der Waals surface area contributed by atoms with E-state index in [1.807, 2.05) is 0 Å². The second kappa shape index (κ2) is 6.87. The molecule has 0 spiro atoms. The summed E-state index contributed by atoms with van der Waals surface area (Å²) in [5, 5.41) is 3.31. The highest BCUT2D eigenvalue weighted by Gasteiger charge is 2.29. The van der Waals surface area contributed by atoms with Crippen LogP contribution in [0.25, 0.3) is 0 Å². The second-order valence-corrected chi connectivity index (χ2v) is 8.67. The summed E-state index contributed by atoms with van der Waals surface area (Å²) in [6, 6.07) is 5.20. The fraction of sp³-hybridized carbons (Fsp3) is 0.538. The van der Waals surface area contributed by atoms with Gasteiger partial charge in [0.2, 0.25) is 10.0 Å². The molecule has 0 saturated carbocycles. The van der Waals surface area contributed by atoms with Crippen LogP contribution in [0.2, 0.25) is 0 Å². The van der Waals surface area contributed by atoms with Crippen LogP contribution in [0.5, 0.6) is 0 Å². The SMILES string of the molecule is CN(C1CCCNCC1)S(=O)(=O)c1ccc(Br)cc1Br. The van der Waals surface area contributed by atoms with E-state index in [2.05, 4.69) is 37.2 Å². The van der Waals surface area contributed by atoms with Crippen LogP contribution in [-0.4, -0.2) is 38.9 Å². The Labute approximate surface area is 137 Å². The first kappa shape index (κ1) is 16.4. The van der Waals surface area contributed by atoms with Gasteiger partial charge in [-0.05, 0) is 66.5 Å². The van der Waals surface area contributed by atoms with Gasteiger partial charge in [-0.3, -0.25) is 0 Å². The molecule has 1 atom stereocenters. The van der Waals surface area contributed by atoms with E-state index in [1.54, 1.807) is 25.2 Å². The Bertz CT molecular complexity index is 570. The molecule has 1 saturated heterocycles. The van der Waals surface area contributed by atoms with Crippen molar-refractivity contribution in [1.82, 2.24) is 9.62 Å². The van der Waals surface area contributed by atoms with Gasteiger partial charge in [-0.2, -0.15) is 4.31 Å². The summed E-state index contributed by atoms with van der Waals surface area (Å²) >= 11 is 6.68. The van der Waals surface area contributed by atoms with E-state index in [9.17, 15) is 8.42 Å². The molecule has 1 aromatic rings. The van der Waals surface area contributed by atoms with Gasteiger partial charge < -0.3 is 5.32 Å². The summed E-state index contributed by atoms with van der Waals surface area (Å²) in [6.45, 7) is 1.83. The van der Waals surface area contributed by atoms with E-state index in [0.29, 0.717) is 9.37 Å². The third-order valence-corrected chi connectivity index (χ3v) is 6.99. The lowest BCUT2D eigenvalue weighted by Gasteiger charge is -2.26. The largest absolute Gasteiger partial charge is 0.317 e. The summed E-state index contributed by atoms with van der Waals surface area (Å²) in [6.07, 6.45) is 2.76. The lowest BCUT2D eigenvalue weighted by molar-refractivity contribution is 0.341. The molecule has 0 aromatic heterocycles. The number of nitrogens with one attached hydrogen (secondary N) is 1. The number of hydrogen-bond acceptors (Lipinski definition) is 3. The average Bonchev–Trinajstić information content (AvgIpc) is 2.66. The van der Waals surface area contributed by atoms with Gasteiger partial charge in [-0.25, -0.2) is 8.42 Å². The van der Waals surface area contributed by atoms with E-state index in [1.165, 1.54) is 4.31 Å². The summed E-state index contributed by atoms with van der Waals surface area (Å²) in [4.78, 5) is 0.320. The molecule has 1 aliphatic heterocycles. The number of rotatable bonds is 3. The third kappa shape index (κ3) is 3.62. The van der Waals surface area contributed by atoms with Crippen molar-refractivity contribution in [3.8, 4) is 0 Å². The highest BCUT2D eigenvalue weighted by Crippen LogP contribution is 2.29. The van der Waals surface area contributed by atoms with Crippen LogP contribution in [-0.2, 0) is 10.0 Å². The maximum Gasteiger partial charge on any atom is 0.244 e. The van der Waals surface area contributed by atoms with Crippen LogP contribution in [0, 0.1) is 0 Å². The van der Waals surface area contributed by atoms with Gasteiger partial charge in [0.1, 0.15) is 0 Å². The zero-order valence-corrected chi connectivity index (χ0v) is 15.3. The Balaban J connectivity index is 2.28. The van der Waals surface area contributed by atoms with Crippen molar-refractivity contribution in [2.75, 3.05) is 20.1 Å². The van der Waals surface area contributed by atoms with Gasteiger partial charge in [-0.1, -0.05) is 15.9 Å². The second-order valence-electron chi connectivity index (χ2n) is 4.93. The topological polar surface area (TPSA) is 49.4 Å². The molecule has 1 fully saturated rings. The fourth-order valence-electron chi connectivity index (χ4n) is 2.40. The number of sulfonamides is 1. The molecule has 1 heterocycles. The van der Waals surface area contributed by atoms with Gasteiger partial charge in [0.25, 0.3) is 0 Å². The molecule has 1 aromatic carbocycles. The lowest BCUT2D eigenvalue weighted by atomic mass is 10.1. The molecule has 1 unspecified atom stereocenters. The van der Waals surface area contributed by atoms with E-state index in [-0.39, 0.29) is 6.04 Å². The number of nitrogens with zero attached hydrogens (tertiary/aromatic N) is 1. The first-order valence-electron chi connectivity index (χ1n) is 6.57. The van der Waals surface area contributed by atoms with Gasteiger partial charge in [0.15, 0.2) is 0 Å². The Hall–Kier alpha value is 0.0500. The lowest BCUT2D eigenvalue weighted by Crippen LogP contribution is -2.37. The quantitative estimate of drug-likeness (QED) is 0.809. The Morgan fingerprint density at radius 2 is 2.00 bits per heavy atom. The van der Waals surface area contributed by atoms with Crippen LogP contribution >= 0.6 is 31.9 Å². The first-order valence-corrected chi connectivity index (χ1v) is 9.59. The van der Waals surface area contributed by atoms with Crippen LogP contribution in [0.4, 0.5) is 0 Å². The highest BCUT2D eigenvalue weighted by molar-refractivity contribution is 9.11. The van der Waals surface area contributed by atoms with Crippen LogP contribution in [0.15, 0.2) is 32.0 Å². The van der Waals surface area contributed by atoms with Crippen LogP contribution < -0.4 is 5.32 Å². The highest BCUT2D eigenvalue weighted by atomic mass is 79.9. The standard InChI is InChI=1S/C13H18Br2N2O2S/c1-17(11-3-2-7-16-8-6-11)20(18,19)13-5-4-10(14)9-12(13)15/h4-5,9,11,16H,2-3,6-8H2,1H3. The van der Waals surface area contributed by atoms with Crippen molar-refractivity contribution in [3.63, 3.8) is 0 Å². The van der Waals surface area contributed by atoms with Crippen LogP contribution in [0.1, 0.15) is 19.3 Å². The fourth-order valence-corrected chi connectivity index (χ4v) is 5.52. The van der Waals surface area contributed by atoms with E-state index in [4.69, 9.17) is 0 Å². The molecule has 0 aliphatic carbocycles. The monoisotopic (exact) mass is 424 g/mol. The van der Waals surface area contributed by atoms with E-state index < -0.39 is 10.0 Å². The van der Waals surface area contributed by atoms with Crippen molar-refractivity contribution >= 4 is 41.9 Å². The summed E-state index contributed by atoms with van der Waals surface area (Å²) < 4.78 is 28.4. The zero-order chi connectivity index (χ0) is 14.8. The third-order valence-electron chi connectivity index (χ3n) is 3.61. The Morgan fingerprint density at radius 1 is 1.25 bits per heavy atom. The van der Waals surface area contributed by atoms with Crippen molar-refractivity contribution in [1.29, 1.82) is 0 Å². The number of halogens is 2. The molecule has 0 radical (unpaired) electrons. The molecule has 7 heteroatoms. The van der Waals surface area contributed by atoms with Crippen molar-refractivity contribution in [2.24, 2.45) is 0 Å². The van der Waals surface area contributed by atoms with Crippen molar-refractivity contribution in [3.05, 3.63) is 27.1 Å². The number of benzene rings is 1. The maximum atomic E-state index is 12.7. The maximum absolute atomic E-state index is 12.7. The molecule has 0 amide bonds. The summed E-state index contributed by atoms with van der Waals surface area (Å²) in [7, 11) is -1.78. The van der Waals surface area contributed by atoms with Gasteiger partial charge in [0.05, 0.1) is 4.90 Å². The Morgan fingerprint density at radius 3 is 2.70 bits per heavy atom. The molecule has 20 heavy (non-hydrogen) atoms. The summed E-state index contributed by atoms with van der Waals surface area (Å²) in [5.74, 6) is 0. The minimum Gasteiger partial charge on any atom is -0.317 e. The molecular weight excluding hydrogens is 408 g/mol. The van der Waals surface area contributed by atoms with Crippen molar-refractivity contribution < 1.29 is 8.42 Å². The molecule has 112 valence electrons. The van der Waals surface area contributed by atoms with E-state index in [0.717, 1.165) is 36.8 Å². The predicted octanol–water partition coefficient (Wildman–Crippen LogP) is 2.97. The van der Waals surface area contributed by atoms with Gasteiger partial charge >= 0.3 is 0 Å². The minimum atomic E-state index is -3.46. The van der Waals surface area contributed by atoms with Crippen LogP contribution in [0.3, 0.4) is 0 Å². The zero-order valence-electron chi connectivity index (χ0n) is 11.3. The predicted molar refractivity (Wildman–Crippen MR) is 87.3 cm³/mol. The first-order chi connectivity index (χ1) is 9.43. The normalized spacial score (nSPS) is 20.9. The molecule has 1 aliphatic rings. The number of hydrogen-bond donors (Lipinski definition) is 1.